The van der Waals surface area contributed by atoms with Gasteiger partial charge < -0.3 is 14.8 Å². The van der Waals surface area contributed by atoms with Crippen LogP contribution < -0.4 is 10.1 Å². The first-order valence-corrected chi connectivity index (χ1v) is 9.66. The van der Waals surface area contributed by atoms with E-state index < -0.39 is 17.6 Å². The summed E-state index contributed by atoms with van der Waals surface area (Å²) in [5, 5.41) is 4.18. The van der Waals surface area contributed by atoms with Crippen molar-refractivity contribution in [1.82, 2.24) is 0 Å². The van der Waals surface area contributed by atoms with Gasteiger partial charge in [-0.2, -0.15) is 13.2 Å². The number of carbonyl (C=O) groups excluding carboxylic acids is 1. The number of fused-ring (bicyclic) bond motifs is 1. The Morgan fingerprint density at radius 3 is 2.67 bits per heavy atom. The molecule has 1 aliphatic rings. The van der Waals surface area contributed by atoms with Crippen molar-refractivity contribution < 1.29 is 27.4 Å². The second kappa shape index (κ2) is 8.36. The molecular formula is C23H20F3NO3. The molecule has 0 aliphatic carbocycles. The fourth-order valence-electron chi connectivity index (χ4n) is 3.50. The molecule has 0 unspecified atom stereocenters. The van der Waals surface area contributed by atoms with Crippen molar-refractivity contribution in [3.05, 3.63) is 71.8 Å². The van der Waals surface area contributed by atoms with Gasteiger partial charge >= 0.3 is 6.18 Å². The van der Waals surface area contributed by atoms with Crippen LogP contribution in [0.3, 0.4) is 0 Å². The van der Waals surface area contributed by atoms with Crippen LogP contribution in [0.5, 0.6) is 5.75 Å². The van der Waals surface area contributed by atoms with Gasteiger partial charge in [0.25, 0.3) is 5.91 Å². The van der Waals surface area contributed by atoms with E-state index in [4.69, 9.17) is 9.47 Å². The van der Waals surface area contributed by atoms with Gasteiger partial charge in [0.2, 0.25) is 0 Å². The summed E-state index contributed by atoms with van der Waals surface area (Å²) in [7, 11) is 0. The number of amides is 1. The van der Waals surface area contributed by atoms with Crippen molar-refractivity contribution in [2.45, 2.75) is 25.1 Å². The molecule has 1 atom stereocenters. The van der Waals surface area contributed by atoms with Crippen LogP contribution in [0.1, 0.15) is 28.8 Å². The number of nitrogens with one attached hydrogen (secondary N) is 1. The van der Waals surface area contributed by atoms with Crippen LogP contribution in [-0.4, -0.2) is 25.2 Å². The third-order valence-electron chi connectivity index (χ3n) is 5.04. The summed E-state index contributed by atoms with van der Waals surface area (Å²) in [5.74, 6) is -0.333. The molecule has 30 heavy (non-hydrogen) atoms. The highest BCUT2D eigenvalue weighted by molar-refractivity contribution is 6.13. The van der Waals surface area contributed by atoms with Crippen molar-refractivity contribution in [2.24, 2.45) is 0 Å². The van der Waals surface area contributed by atoms with Gasteiger partial charge in [-0.3, -0.25) is 4.79 Å². The second-order valence-corrected chi connectivity index (χ2v) is 7.14. The predicted molar refractivity (Wildman–Crippen MR) is 108 cm³/mol. The summed E-state index contributed by atoms with van der Waals surface area (Å²) >= 11 is 0. The van der Waals surface area contributed by atoms with Gasteiger partial charge in [-0.25, -0.2) is 0 Å². The Balaban J connectivity index is 1.63. The minimum Gasteiger partial charge on any atom is -0.489 e. The number of alkyl halides is 3. The molecule has 0 aromatic heterocycles. The minimum atomic E-state index is -4.54. The molecule has 1 N–H and O–H groups in total. The SMILES string of the molecule is O=C(Nc1cc(C(F)(F)F)ccc1OC[C@H]1CCCO1)c1cccc2ccccc12. The first kappa shape index (κ1) is 20.2. The van der Waals surface area contributed by atoms with Crippen LogP contribution in [0, 0.1) is 0 Å². The van der Waals surface area contributed by atoms with Crippen LogP contribution in [0.25, 0.3) is 10.8 Å². The fourth-order valence-corrected chi connectivity index (χ4v) is 3.50. The molecule has 0 bridgehead atoms. The number of hydrogen-bond donors (Lipinski definition) is 1. The number of ether oxygens (including phenoxy) is 2. The van der Waals surface area contributed by atoms with Crippen molar-refractivity contribution in [3.8, 4) is 5.75 Å². The number of anilines is 1. The summed E-state index contributed by atoms with van der Waals surface area (Å²) in [6, 6.07) is 15.6. The van der Waals surface area contributed by atoms with E-state index in [1.807, 2.05) is 18.2 Å². The Bertz CT molecular complexity index is 1050. The second-order valence-electron chi connectivity index (χ2n) is 7.14. The van der Waals surface area contributed by atoms with Gasteiger partial charge in [0.05, 0.1) is 17.4 Å². The van der Waals surface area contributed by atoms with Crippen molar-refractivity contribution >= 4 is 22.4 Å². The topological polar surface area (TPSA) is 47.6 Å². The van der Waals surface area contributed by atoms with E-state index in [0.717, 1.165) is 30.4 Å². The number of benzene rings is 3. The van der Waals surface area contributed by atoms with Crippen LogP contribution >= 0.6 is 0 Å². The molecule has 3 aromatic rings. The van der Waals surface area contributed by atoms with E-state index in [1.165, 1.54) is 6.07 Å². The standard InChI is InChI=1S/C23H20F3NO3/c24-23(25,26)16-10-11-21(30-14-17-7-4-12-29-17)20(13-16)27-22(28)19-9-3-6-15-5-1-2-8-18(15)19/h1-3,5-6,8-11,13,17H,4,7,12,14H2,(H,27,28)/t17-/m1/s1. The Morgan fingerprint density at radius 2 is 1.90 bits per heavy atom. The monoisotopic (exact) mass is 415 g/mol. The van der Waals surface area contributed by atoms with Crippen molar-refractivity contribution in [2.75, 3.05) is 18.5 Å². The van der Waals surface area contributed by atoms with Crippen LogP contribution in [-0.2, 0) is 10.9 Å². The molecule has 0 saturated carbocycles. The number of hydrogen-bond acceptors (Lipinski definition) is 3. The molecule has 0 spiro atoms. The average Bonchev–Trinajstić information content (AvgIpc) is 3.25. The third-order valence-corrected chi connectivity index (χ3v) is 5.04. The Hall–Kier alpha value is -3.06. The van der Waals surface area contributed by atoms with Gasteiger partial charge in [0, 0.05) is 12.2 Å². The Morgan fingerprint density at radius 1 is 1.10 bits per heavy atom. The summed E-state index contributed by atoms with van der Waals surface area (Å²) in [6.07, 6.45) is -2.88. The predicted octanol–water partition coefficient (Wildman–Crippen LogP) is 5.67. The summed E-state index contributed by atoms with van der Waals surface area (Å²) in [4.78, 5) is 12.9. The highest BCUT2D eigenvalue weighted by Crippen LogP contribution is 2.36. The zero-order valence-corrected chi connectivity index (χ0v) is 16.0. The van der Waals surface area contributed by atoms with Crippen molar-refractivity contribution in [3.63, 3.8) is 0 Å². The maximum Gasteiger partial charge on any atom is 0.416 e. The highest BCUT2D eigenvalue weighted by Gasteiger charge is 2.31. The van der Waals surface area contributed by atoms with Gasteiger partial charge in [0.1, 0.15) is 12.4 Å². The molecule has 1 saturated heterocycles. The van der Waals surface area contributed by atoms with Crippen LogP contribution in [0.4, 0.5) is 18.9 Å². The van der Waals surface area contributed by atoms with Crippen LogP contribution in [0.2, 0.25) is 0 Å². The maximum atomic E-state index is 13.2. The fraction of sp³-hybridized carbons (Fsp3) is 0.261. The van der Waals surface area contributed by atoms with E-state index in [9.17, 15) is 18.0 Å². The summed E-state index contributed by atoms with van der Waals surface area (Å²) in [6.45, 7) is 0.855. The lowest BCUT2D eigenvalue weighted by Crippen LogP contribution is -2.19. The lowest BCUT2D eigenvalue weighted by Gasteiger charge is -2.17. The average molecular weight is 415 g/mol. The van der Waals surface area contributed by atoms with Crippen LogP contribution in [0.15, 0.2) is 60.7 Å². The van der Waals surface area contributed by atoms with Gasteiger partial charge in [0.15, 0.2) is 0 Å². The zero-order chi connectivity index (χ0) is 21.1. The molecule has 3 aromatic carbocycles. The van der Waals surface area contributed by atoms with Crippen molar-refractivity contribution in [1.29, 1.82) is 0 Å². The Kier molecular flexibility index (Phi) is 5.63. The van der Waals surface area contributed by atoms with E-state index >= 15 is 0 Å². The molecular weight excluding hydrogens is 395 g/mol. The largest absolute Gasteiger partial charge is 0.489 e. The number of halogens is 3. The highest BCUT2D eigenvalue weighted by atomic mass is 19.4. The van der Waals surface area contributed by atoms with E-state index in [0.29, 0.717) is 17.6 Å². The molecule has 7 heteroatoms. The number of rotatable bonds is 5. The molecule has 4 rings (SSSR count). The maximum absolute atomic E-state index is 13.2. The summed E-state index contributed by atoms with van der Waals surface area (Å²) < 4.78 is 50.9. The van der Waals surface area contributed by atoms with E-state index in [-0.39, 0.29) is 24.1 Å². The lowest BCUT2D eigenvalue weighted by atomic mass is 10.0. The van der Waals surface area contributed by atoms with Gasteiger partial charge in [-0.15, -0.1) is 0 Å². The van der Waals surface area contributed by atoms with E-state index in [1.54, 1.807) is 24.3 Å². The molecule has 0 radical (unpaired) electrons. The van der Waals surface area contributed by atoms with E-state index in [2.05, 4.69) is 5.32 Å². The van der Waals surface area contributed by atoms with Gasteiger partial charge in [-0.05, 0) is 47.9 Å². The quantitative estimate of drug-likeness (QED) is 0.584. The molecule has 1 aliphatic heterocycles. The molecule has 156 valence electrons. The zero-order valence-electron chi connectivity index (χ0n) is 16.0. The normalized spacial score (nSPS) is 16.6. The number of carbonyl (C=O) groups is 1. The Labute approximate surface area is 171 Å². The minimum absolute atomic E-state index is 0.0271. The molecule has 4 nitrogen and oxygen atoms in total. The van der Waals surface area contributed by atoms with Gasteiger partial charge in [-0.1, -0.05) is 36.4 Å². The first-order valence-electron chi connectivity index (χ1n) is 9.66. The molecule has 1 fully saturated rings. The molecule has 1 heterocycles. The third kappa shape index (κ3) is 4.41. The smallest absolute Gasteiger partial charge is 0.416 e. The molecule has 1 amide bonds. The lowest BCUT2D eigenvalue weighted by molar-refractivity contribution is -0.137. The first-order chi connectivity index (χ1) is 14.4. The summed E-state index contributed by atoms with van der Waals surface area (Å²) in [5.41, 5.74) is -0.517.